The van der Waals surface area contributed by atoms with E-state index in [1.165, 1.54) is 16.8 Å². The van der Waals surface area contributed by atoms with Gasteiger partial charge in [0.2, 0.25) is 0 Å². The Hall–Kier alpha value is -1.44. The van der Waals surface area contributed by atoms with Crippen LogP contribution in [-0.4, -0.2) is 72.0 Å². The van der Waals surface area contributed by atoms with Crippen molar-refractivity contribution in [3.05, 3.63) is 28.8 Å². The summed E-state index contributed by atoms with van der Waals surface area (Å²) in [6, 6.07) is 5.29. The predicted octanol–water partition coefficient (Wildman–Crippen LogP) is 3.60. The van der Waals surface area contributed by atoms with Crippen LogP contribution >= 0.6 is 23.5 Å². The minimum Gasteiger partial charge on any atom is -0.444 e. The zero-order chi connectivity index (χ0) is 19.5. The molecule has 1 aromatic carbocycles. The van der Waals surface area contributed by atoms with E-state index in [0.717, 1.165) is 4.90 Å². The smallest absolute Gasteiger partial charge is 0.410 e. The zero-order valence-electron chi connectivity index (χ0n) is 15.9. The molecule has 0 aliphatic carbocycles. The van der Waals surface area contributed by atoms with Crippen LogP contribution in [0, 0.1) is 0 Å². The van der Waals surface area contributed by atoms with Crippen LogP contribution in [0.5, 0.6) is 0 Å². The molecule has 0 N–H and O–H groups in total. The summed E-state index contributed by atoms with van der Waals surface area (Å²) in [5, 5.41) is 0.611. The van der Waals surface area contributed by atoms with Crippen LogP contribution < -0.4 is 0 Å². The third-order valence-corrected chi connectivity index (χ3v) is 5.30. The van der Waals surface area contributed by atoms with Crippen molar-refractivity contribution < 1.29 is 14.3 Å². The van der Waals surface area contributed by atoms with Gasteiger partial charge in [-0.05, 0) is 50.9 Å². The molecule has 0 bridgehead atoms. The van der Waals surface area contributed by atoms with Crippen molar-refractivity contribution in [1.82, 2.24) is 14.1 Å². The molecule has 1 aliphatic heterocycles. The Kier molecular flexibility index (Phi) is 6.82. The lowest BCUT2D eigenvalue weighted by Crippen LogP contribution is -2.47. The van der Waals surface area contributed by atoms with Gasteiger partial charge in [0.1, 0.15) is 5.60 Å². The summed E-state index contributed by atoms with van der Waals surface area (Å²) in [4.78, 5) is 28.4. The Morgan fingerprint density at radius 3 is 2.31 bits per heavy atom. The fraction of sp³-hybridized carbons (Fsp3) is 0.556. The second-order valence-electron chi connectivity index (χ2n) is 7.33. The van der Waals surface area contributed by atoms with Crippen molar-refractivity contribution in [1.29, 1.82) is 0 Å². The first-order chi connectivity index (χ1) is 12.1. The number of benzene rings is 1. The lowest BCUT2D eigenvalue weighted by Gasteiger charge is -2.35. The normalized spacial score (nSPS) is 15.7. The summed E-state index contributed by atoms with van der Waals surface area (Å²) in [5.74, 6) is -0.0572. The summed E-state index contributed by atoms with van der Waals surface area (Å²) in [7, 11) is 3.44. The van der Waals surface area contributed by atoms with Gasteiger partial charge in [0.25, 0.3) is 5.91 Å². The average Bonchev–Trinajstić information content (AvgIpc) is 2.55. The summed E-state index contributed by atoms with van der Waals surface area (Å²) in [6.45, 7) is 8.17. The number of carbonyl (C=O) groups is 2. The molecule has 1 fully saturated rings. The molecule has 0 unspecified atom stereocenters. The van der Waals surface area contributed by atoms with Crippen LogP contribution in [0.4, 0.5) is 4.79 Å². The fourth-order valence-corrected chi connectivity index (χ4v) is 3.57. The summed E-state index contributed by atoms with van der Waals surface area (Å²) >= 11 is 7.81. The third-order valence-electron chi connectivity index (χ3n) is 3.70. The highest BCUT2D eigenvalue weighted by atomic mass is 35.5. The van der Waals surface area contributed by atoms with Gasteiger partial charge < -0.3 is 14.5 Å². The molecule has 0 saturated carbocycles. The lowest BCUT2D eigenvalue weighted by molar-refractivity contribution is 0.0197. The first-order valence-corrected chi connectivity index (χ1v) is 9.64. The molecule has 0 atom stereocenters. The maximum atomic E-state index is 12.1. The van der Waals surface area contributed by atoms with Crippen LogP contribution in [0.25, 0.3) is 0 Å². The predicted molar refractivity (Wildman–Crippen MR) is 105 cm³/mol. The average molecular weight is 400 g/mol. The van der Waals surface area contributed by atoms with Crippen molar-refractivity contribution in [2.24, 2.45) is 0 Å². The molecule has 0 aromatic heterocycles. The van der Waals surface area contributed by atoms with Gasteiger partial charge in [0, 0.05) is 50.7 Å². The van der Waals surface area contributed by atoms with Crippen LogP contribution in [-0.2, 0) is 4.74 Å². The molecule has 2 amide bonds. The molecule has 1 aliphatic rings. The van der Waals surface area contributed by atoms with Crippen molar-refractivity contribution in [2.75, 3.05) is 40.3 Å². The minimum atomic E-state index is -0.490. The van der Waals surface area contributed by atoms with Crippen LogP contribution in [0.1, 0.15) is 31.1 Å². The monoisotopic (exact) mass is 399 g/mol. The van der Waals surface area contributed by atoms with Gasteiger partial charge in [0.05, 0.1) is 5.02 Å². The number of hydrogen-bond donors (Lipinski definition) is 0. The van der Waals surface area contributed by atoms with Crippen molar-refractivity contribution in [2.45, 2.75) is 31.3 Å². The van der Waals surface area contributed by atoms with E-state index in [2.05, 4.69) is 4.31 Å². The van der Waals surface area contributed by atoms with E-state index in [4.69, 9.17) is 16.3 Å². The van der Waals surface area contributed by atoms with E-state index < -0.39 is 5.60 Å². The third kappa shape index (κ3) is 5.79. The van der Waals surface area contributed by atoms with E-state index in [0.29, 0.717) is 36.8 Å². The SMILES string of the molecule is CN(C)C(=O)c1ccc(Cl)c(SN2CCN(C(=O)OC(C)(C)C)CC2)c1. The number of halogens is 1. The largest absolute Gasteiger partial charge is 0.444 e. The van der Waals surface area contributed by atoms with E-state index in [-0.39, 0.29) is 12.0 Å². The molecule has 2 rings (SSSR count). The van der Waals surface area contributed by atoms with E-state index in [9.17, 15) is 9.59 Å². The van der Waals surface area contributed by atoms with Gasteiger partial charge in [0.15, 0.2) is 0 Å². The van der Waals surface area contributed by atoms with Gasteiger partial charge in [-0.25, -0.2) is 9.10 Å². The highest BCUT2D eigenvalue weighted by Gasteiger charge is 2.26. The number of piperazine rings is 1. The Morgan fingerprint density at radius 2 is 1.77 bits per heavy atom. The maximum Gasteiger partial charge on any atom is 0.410 e. The number of nitrogens with zero attached hydrogens (tertiary/aromatic N) is 3. The van der Waals surface area contributed by atoms with E-state index in [1.807, 2.05) is 26.8 Å². The van der Waals surface area contributed by atoms with Gasteiger partial charge >= 0.3 is 6.09 Å². The van der Waals surface area contributed by atoms with Gasteiger partial charge in [-0.2, -0.15) is 0 Å². The molecule has 1 aromatic rings. The first-order valence-electron chi connectivity index (χ1n) is 8.49. The molecule has 0 radical (unpaired) electrons. The number of carbonyl (C=O) groups excluding carboxylic acids is 2. The number of rotatable bonds is 3. The maximum absolute atomic E-state index is 12.1. The molecular weight excluding hydrogens is 374 g/mol. The standard InChI is InChI=1S/C18H26ClN3O3S/c1-18(2,3)25-17(24)21-8-10-22(11-9-21)26-15-12-13(6-7-14(15)19)16(23)20(4)5/h6-7,12H,8-11H2,1-5H3. The van der Waals surface area contributed by atoms with Gasteiger partial charge in [-0.3, -0.25) is 4.79 Å². The van der Waals surface area contributed by atoms with Gasteiger partial charge in [-0.1, -0.05) is 11.6 Å². The molecule has 26 heavy (non-hydrogen) atoms. The molecule has 1 heterocycles. The Labute approximate surface area is 164 Å². The lowest BCUT2D eigenvalue weighted by atomic mass is 10.2. The van der Waals surface area contributed by atoms with Crippen LogP contribution in [0.2, 0.25) is 5.02 Å². The quantitative estimate of drug-likeness (QED) is 0.727. The summed E-state index contributed by atoms with van der Waals surface area (Å²) < 4.78 is 7.56. The fourth-order valence-electron chi connectivity index (χ4n) is 2.39. The van der Waals surface area contributed by atoms with Crippen molar-refractivity contribution in [3.8, 4) is 0 Å². The highest BCUT2D eigenvalue weighted by Crippen LogP contribution is 2.31. The number of ether oxygens (including phenoxy) is 1. The Balaban J connectivity index is 1.96. The van der Waals surface area contributed by atoms with Crippen LogP contribution in [0.3, 0.4) is 0 Å². The van der Waals surface area contributed by atoms with Crippen molar-refractivity contribution >= 4 is 35.5 Å². The van der Waals surface area contributed by atoms with Crippen LogP contribution in [0.15, 0.2) is 23.1 Å². The second-order valence-corrected chi connectivity index (χ2v) is 8.88. The molecular formula is C18H26ClN3O3S. The van der Waals surface area contributed by atoms with E-state index >= 15 is 0 Å². The van der Waals surface area contributed by atoms with Gasteiger partial charge in [-0.15, -0.1) is 0 Å². The second kappa shape index (κ2) is 8.50. The Bertz CT molecular complexity index is 668. The summed E-state index contributed by atoms with van der Waals surface area (Å²) in [6.07, 6.45) is -0.279. The number of hydrogen-bond acceptors (Lipinski definition) is 5. The number of amides is 2. The Morgan fingerprint density at radius 1 is 1.15 bits per heavy atom. The molecule has 6 nitrogen and oxygen atoms in total. The molecule has 1 saturated heterocycles. The molecule has 0 spiro atoms. The molecule has 144 valence electrons. The topological polar surface area (TPSA) is 53.1 Å². The minimum absolute atomic E-state index is 0.0572. The summed E-state index contributed by atoms with van der Waals surface area (Å²) in [5.41, 5.74) is 0.116. The highest BCUT2D eigenvalue weighted by molar-refractivity contribution is 7.97. The van der Waals surface area contributed by atoms with Crippen molar-refractivity contribution in [3.63, 3.8) is 0 Å². The first kappa shape index (κ1) is 20.9. The van der Waals surface area contributed by atoms with E-state index in [1.54, 1.807) is 31.1 Å². The zero-order valence-corrected chi connectivity index (χ0v) is 17.5. The molecule has 8 heteroatoms.